The van der Waals surface area contributed by atoms with E-state index >= 15 is 0 Å². The van der Waals surface area contributed by atoms with Gasteiger partial charge in [-0.2, -0.15) is 0 Å². The number of nitrogens with zero attached hydrogens (tertiary/aromatic N) is 2. The summed E-state index contributed by atoms with van der Waals surface area (Å²) in [5, 5.41) is -0.247. The van der Waals surface area contributed by atoms with Crippen molar-refractivity contribution in [2.24, 2.45) is 0 Å². The number of aryl methyl sites for hydroxylation is 2. The summed E-state index contributed by atoms with van der Waals surface area (Å²) in [7, 11) is 0. The highest BCUT2D eigenvalue weighted by Crippen LogP contribution is 2.33. The molecule has 1 fully saturated rings. The van der Waals surface area contributed by atoms with Gasteiger partial charge in [0.2, 0.25) is 0 Å². The van der Waals surface area contributed by atoms with Crippen LogP contribution < -0.4 is 0 Å². The van der Waals surface area contributed by atoms with Crippen LogP contribution in [0.4, 0.5) is 4.79 Å². The summed E-state index contributed by atoms with van der Waals surface area (Å²) >= 11 is 0.980. The minimum Gasteiger partial charge on any atom is -0.318 e. The Bertz CT molecular complexity index is 891. The molecule has 1 aromatic heterocycles. The number of hydrogen-bond donors (Lipinski definition) is 0. The fraction of sp³-hybridized carbons (Fsp3) is 0.200. The number of carbonyl (C=O) groups excluding carboxylic acids is 2. The van der Waals surface area contributed by atoms with Crippen molar-refractivity contribution in [2.75, 3.05) is 6.54 Å². The van der Waals surface area contributed by atoms with E-state index in [9.17, 15) is 9.59 Å². The smallest absolute Gasteiger partial charge is 0.293 e. The Balaban J connectivity index is 1.99. The van der Waals surface area contributed by atoms with E-state index in [0.717, 1.165) is 34.4 Å². The molecule has 1 aromatic carbocycles. The Hall–Kier alpha value is -2.53. The van der Waals surface area contributed by atoms with Gasteiger partial charge in [0.1, 0.15) is 0 Å². The number of aromatic nitrogens is 1. The van der Waals surface area contributed by atoms with E-state index in [4.69, 9.17) is 0 Å². The molecule has 25 heavy (non-hydrogen) atoms. The molecule has 2 aromatic rings. The molecule has 1 aliphatic rings. The summed E-state index contributed by atoms with van der Waals surface area (Å²) in [5.74, 6) is -0.255. The van der Waals surface area contributed by atoms with Crippen LogP contribution in [-0.4, -0.2) is 27.2 Å². The van der Waals surface area contributed by atoms with Crippen LogP contribution in [0.5, 0.6) is 0 Å². The molecule has 1 aliphatic heterocycles. The van der Waals surface area contributed by atoms with Crippen molar-refractivity contribution in [3.63, 3.8) is 0 Å². The third-order valence-electron chi connectivity index (χ3n) is 4.23. The third kappa shape index (κ3) is 3.20. The molecule has 4 nitrogen and oxygen atoms in total. The maximum absolute atomic E-state index is 12.4. The van der Waals surface area contributed by atoms with Gasteiger partial charge in [-0.1, -0.05) is 23.8 Å². The predicted octanol–water partition coefficient (Wildman–Crippen LogP) is 4.62. The van der Waals surface area contributed by atoms with Crippen molar-refractivity contribution in [1.82, 2.24) is 9.47 Å². The van der Waals surface area contributed by atoms with Crippen molar-refractivity contribution in [1.29, 1.82) is 0 Å². The lowest BCUT2D eigenvalue weighted by Gasteiger charge is -2.10. The van der Waals surface area contributed by atoms with Gasteiger partial charge in [0.25, 0.3) is 11.1 Å². The molecule has 2 amide bonds. The third-order valence-corrected chi connectivity index (χ3v) is 5.14. The first-order valence-corrected chi connectivity index (χ1v) is 8.86. The van der Waals surface area contributed by atoms with Gasteiger partial charge in [0, 0.05) is 23.6 Å². The molecule has 3 rings (SSSR count). The summed E-state index contributed by atoms with van der Waals surface area (Å²) in [6.07, 6.45) is 3.36. The van der Waals surface area contributed by atoms with Crippen molar-refractivity contribution in [2.45, 2.75) is 20.8 Å². The van der Waals surface area contributed by atoms with Crippen molar-refractivity contribution in [3.05, 3.63) is 70.4 Å². The molecular formula is C20H20N2O2S. The van der Waals surface area contributed by atoms with E-state index < -0.39 is 0 Å². The highest BCUT2D eigenvalue weighted by Gasteiger charge is 2.34. The van der Waals surface area contributed by atoms with Gasteiger partial charge in [-0.3, -0.25) is 14.5 Å². The number of carbonyl (C=O) groups is 2. The van der Waals surface area contributed by atoms with Crippen molar-refractivity contribution in [3.8, 4) is 5.69 Å². The van der Waals surface area contributed by atoms with Crippen LogP contribution >= 0.6 is 11.8 Å². The summed E-state index contributed by atoms with van der Waals surface area (Å²) in [4.78, 5) is 26.0. The average molecular weight is 352 g/mol. The number of amides is 2. The molecule has 0 saturated carbocycles. The Morgan fingerprint density at radius 3 is 2.44 bits per heavy atom. The van der Waals surface area contributed by atoms with Crippen molar-refractivity contribution >= 4 is 29.0 Å². The summed E-state index contributed by atoms with van der Waals surface area (Å²) in [5.41, 5.74) is 5.36. The molecule has 0 unspecified atom stereocenters. The topological polar surface area (TPSA) is 42.3 Å². The number of imide groups is 1. The zero-order valence-corrected chi connectivity index (χ0v) is 15.4. The Morgan fingerprint density at radius 1 is 1.12 bits per heavy atom. The van der Waals surface area contributed by atoms with Gasteiger partial charge in [-0.15, -0.1) is 6.58 Å². The number of rotatable bonds is 4. The van der Waals surface area contributed by atoms with Crippen molar-refractivity contribution < 1.29 is 9.59 Å². The van der Waals surface area contributed by atoms with Crippen LogP contribution in [0.1, 0.15) is 22.5 Å². The average Bonchev–Trinajstić information content (AvgIpc) is 3.00. The minimum atomic E-state index is -0.255. The van der Waals surface area contributed by atoms with Crippen LogP contribution in [0.25, 0.3) is 11.8 Å². The van der Waals surface area contributed by atoms with Gasteiger partial charge in [-0.25, -0.2) is 0 Å². The maximum Gasteiger partial charge on any atom is 0.293 e. The van der Waals surface area contributed by atoms with E-state index in [-0.39, 0.29) is 17.7 Å². The standard InChI is InChI=1S/C20H20N2O2S/c1-5-10-21-19(23)18(25-20(21)24)12-16-11-14(3)22(15(16)4)17-8-6-13(2)7-9-17/h5-9,11-12H,1,10H2,2-4H3. The molecule has 0 atom stereocenters. The highest BCUT2D eigenvalue weighted by molar-refractivity contribution is 8.18. The fourth-order valence-corrected chi connectivity index (χ4v) is 3.79. The zero-order valence-electron chi connectivity index (χ0n) is 14.6. The van der Waals surface area contributed by atoms with Gasteiger partial charge < -0.3 is 4.57 Å². The number of hydrogen-bond acceptors (Lipinski definition) is 3. The lowest BCUT2D eigenvalue weighted by molar-refractivity contribution is -0.122. The summed E-state index contributed by atoms with van der Waals surface area (Å²) in [6.45, 7) is 9.95. The first-order chi connectivity index (χ1) is 11.9. The minimum absolute atomic E-state index is 0.240. The molecule has 0 aliphatic carbocycles. The molecule has 0 bridgehead atoms. The molecule has 0 radical (unpaired) electrons. The highest BCUT2D eigenvalue weighted by atomic mass is 32.2. The number of thioether (sulfide) groups is 1. The lowest BCUT2D eigenvalue weighted by Crippen LogP contribution is -2.27. The van der Waals surface area contributed by atoms with E-state index in [2.05, 4.69) is 42.3 Å². The second kappa shape index (κ2) is 6.76. The van der Waals surface area contributed by atoms with Gasteiger partial charge >= 0.3 is 0 Å². The molecule has 1 saturated heterocycles. The Kier molecular flexibility index (Phi) is 4.68. The second-order valence-corrected chi connectivity index (χ2v) is 7.07. The fourth-order valence-electron chi connectivity index (χ4n) is 2.95. The lowest BCUT2D eigenvalue weighted by atomic mass is 10.2. The van der Waals surface area contributed by atoms with Crippen LogP contribution in [-0.2, 0) is 4.79 Å². The largest absolute Gasteiger partial charge is 0.318 e. The normalized spacial score (nSPS) is 16.1. The van der Waals surface area contributed by atoms with Crippen LogP contribution in [0.15, 0.2) is 47.9 Å². The van der Waals surface area contributed by atoms with E-state index in [1.54, 1.807) is 12.2 Å². The Labute approximate surface area is 151 Å². The molecule has 5 heteroatoms. The Morgan fingerprint density at radius 2 is 1.80 bits per heavy atom. The quantitative estimate of drug-likeness (QED) is 0.595. The maximum atomic E-state index is 12.4. The van der Waals surface area contributed by atoms with Crippen LogP contribution in [0.2, 0.25) is 0 Å². The summed E-state index contributed by atoms with van der Waals surface area (Å²) in [6, 6.07) is 10.4. The molecule has 2 heterocycles. The molecule has 128 valence electrons. The van der Waals surface area contributed by atoms with Gasteiger partial charge in [0.15, 0.2) is 0 Å². The van der Waals surface area contributed by atoms with Crippen LogP contribution in [0.3, 0.4) is 0 Å². The predicted molar refractivity (Wildman–Crippen MR) is 103 cm³/mol. The van der Waals surface area contributed by atoms with E-state index in [1.165, 1.54) is 10.5 Å². The zero-order chi connectivity index (χ0) is 18.1. The van der Waals surface area contributed by atoms with Gasteiger partial charge in [0.05, 0.1) is 4.91 Å². The van der Waals surface area contributed by atoms with E-state index in [1.807, 2.05) is 19.9 Å². The van der Waals surface area contributed by atoms with Crippen LogP contribution in [0, 0.1) is 20.8 Å². The number of benzene rings is 1. The van der Waals surface area contributed by atoms with Gasteiger partial charge in [-0.05, 0) is 62.4 Å². The second-order valence-electron chi connectivity index (χ2n) is 6.08. The first-order valence-electron chi connectivity index (χ1n) is 8.04. The summed E-state index contributed by atoms with van der Waals surface area (Å²) < 4.78 is 2.15. The van der Waals surface area contributed by atoms with E-state index in [0.29, 0.717) is 4.91 Å². The SMILES string of the molecule is C=CCN1C(=O)SC(=Cc2cc(C)n(-c3ccc(C)cc3)c2C)C1=O. The molecular weight excluding hydrogens is 332 g/mol. The molecule has 0 N–H and O–H groups in total. The molecule has 0 spiro atoms. The first kappa shape index (κ1) is 17.3. The monoisotopic (exact) mass is 352 g/mol.